The average molecular weight is 403 g/mol. The van der Waals surface area contributed by atoms with Crippen LogP contribution in [0.15, 0.2) is 24.3 Å². The van der Waals surface area contributed by atoms with Gasteiger partial charge in [-0.2, -0.15) is 0 Å². The van der Waals surface area contributed by atoms with Crippen LogP contribution in [0.5, 0.6) is 0 Å². The van der Waals surface area contributed by atoms with Gasteiger partial charge in [0.1, 0.15) is 5.78 Å². The number of methoxy groups -OCH3 is 1. The Morgan fingerprint density at radius 3 is 2.59 bits per heavy atom. The van der Waals surface area contributed by atoms with Crippen LogP contribution in [0.1, 0.15) is 88.7 Å². The maximum atomic E-state index is 12.9. The lowest BCUT2D eigenvalue weighted by Gasteiger charge is -2.29. The first-order valence-electron chi connectivity index (χ1n) is 11.4. The van der Waals surface area contributed by atoms with Crippen molar-refractivity contribution in [1.82, 2.24) is 0 Å². The predicted octanol–water partition coefficient (Wildman–Crippen LogP) is 5.19. The Kier molecular flexibility index (Phi) is 9.86. The second-order valence-corrected chi connectivity index (χ2v) is 8.62. The highest BCUT2D eigenvalue weighted by Gasteiger charge is 2.42. The molecule has 1 fully saturated rings. The Balaban J connectivity index is 2.03. The lowest BCUT2D eigenvalue weighted by molar-refractivity contribution is -0.140. The third-order valence-electron chi connectivity index (χ3n) is 6.45. The zero-order chi connectivity index (χ0) is 21.1. The van der Waals surface area contributed by atoms with Crippen LogP contribution in [-0.4, -0.2) is 30.1 Å². The number of aryl methyl sites for hydroxylation is 1. The molecule has 0 unspecified atom stereocenters. The van der Waals surface area contributed by atoms with E-state index in [1.807, 2.05) is 12.1 Å². The average Bonchev–Trinajstić information content (AvgIpc) is 3.08. The van der Waals surface area contributed by atoms with Gasteiger partial charge >= 0.3 is 5.97 Å². The first-order chi connectivity index (χ1) is 14.0. The number of aliphatic hydroxyl groups excluding tert-OH is 1. The van der Waals surface area contributed by atoms with Gasteiger partial charge in [-0.1, -0.05) is 50.5 Å². The number of carbonyl (C=O) groups is 2. The maximum absolute atomic E-state index is 12.9. The maximum Gasteiger partial charge on any atom is 0.305 e. The van der Waals surface area contributed by atoms with E-state index in [4.69, 9.17) is 4.74 Å². The lowest BCUT2D eigenvalue weighted by Crippen LogP contribution is -2.30. The number of hydrogen-bond donors (Lipinski definition) is 1. The summed E-state index contributed by atoms with van der Waals surface area (Å²) in [5.74, 6) is 0.185. The van der Waals surface area contributed by atoms with E-state index in [2.05, 4.69) is 19.1 Å². The summed E-state index contributed by atoms with van der Waals surface area (Å²) in [6, 6.07) is 8.29. The molecule has 0 saturated heterocycles. The van der Waals surface area contributed by atoms with Crippen molar-refractivity contribution in [3.8, 4) is 0 Å². The number of aliphatic hydroxyl groups is 1. The molecule has 1 aromatic rings. The van der Waals surface area contributed by atoms with Crippen molar-refractivity contribution in [3.05, 3.63) is 35.4 Å². The summed E-state index contributed by atoms with van der Waals surface area (Å²) in [4.78, 5) is 24.3. The van der Waals surface area contributed by atoms with Crippen molar-refractivity contribution in [2.24, 2.45) is 5.41 Å². The standard InChI is InChI=1S/C25H38O4/c1-3-4-5-13-22(26)16-18-25(17-9-14-23(25)27)19-21-11-7-6-10-20(21)12-8-15-24(28)29-2/h6-7,10-11,22,26H,3-5,8-9,12-19H2,1-2H3/t22-,25-/m0/s1. The summed E-state index contributed by atoms with van der Waals surface area (Å²) in [6.45, 7) is 2.17. The zero-order valence-corrected chi connectivity index (χ0v) is 18.3. The predicted molar refractivity (Wildman–Crippen MR) is 116 cm³/mol. The highest BCUT2D eigenvalue weighted by molar-refractivity contribution is 5.87. The molecule has 2 atom stereocenters. The highest BCUT2D eigenvalue weighted by Crippen LogP contribution is 2.43. The molecule has 1 aromatic carbocycles. The number of esters is 1. The number of rotatable bonds is 13. The fraction of sp³-hybridized carbons (Fsp3) is 0.680. The molecule has 162 valence electrons. The zero-order valence-electron chi connectivity index (χ0n) is 18.3. The second-order valence-electron chi connectivity index (χ2n) is 8.62. The minimum atomic E-state index is -0.329. The molecule has 0 aliphatic heterocycles. The summed E-state index contributed by atoms with van der Waals surface area (Å²) < 4.78 is 4.74. The third-order valence-corrected chi connectivity index (χ3v) is 6.45. The molecule has 0 aromatic heterocycles. The molecule has 1 aliphatic rings. The van der Waals surface area contributed by atoms with Crippen molar-refractivity contribution in [3.63, 3.8) is 0 Å². The molecule has 0 bridgehead atoms. The fourth-order valence-corrected chi connectivity index (χ4v) is 4.61. The SMILES string of the molecule is CCCCC[C@H](O)CC[C@]1(Cc2ccccc2CCCC(=O)OC)CCCC1=O. The Hall–Kier alpha value is -1.68. The summed E-state index contributed by atoms with van der Waals surface area (Å²) >= 11 is 0. The molecule has 0 amide bonds. The van der Waals surface area contributed by atoms with Gasteiger partial charge in [-0.25, -0.2) is 0 Å². The quantitative estimate of drug-likeness (QED) is 0.364. The van der Waals surface area contributed by atoms with Crippen LogP contribution in [0.3, 0.4) is 0 Å². The molecular formula is C25H38O4. The number of ketones is 1. The molecule has 2 rings (SSSR count). The number of ether oxygens (including phenoxy) is 1. The van der Waals surface area contributed by atoms with Gasteiger partial charge in [0.15, 0.2) is 0 Å². The van der Waals surface area contributed by atoms with Gasteiger partial charge in [0.2, 0.25) is 0 Å². The first kappa shape index (κ1) is 23.6. The number of hydrogen-bond acceptors (Lipinski definition) is 4. The van der Waals surface area contributed by atoms with Gasteiger partial charge in [-0.05, 0) is 62.5 Å². The number of carbonyl (C=O) groups excluding carboxylic acids is 2. The Bertz CT molecular complexity index is 654. The first-order valence-corrected chi connectivity index (χ1v) is 11.4. The monoisotopic (exact) mass is 402 g/mol. The topological polar surface area (TPSA) is 63.6 Å². The molecule has 4 nitrogen and oxygen atoms in total. The van der Waals surface area contributed by atoms with Gasteiger partial charge in [0.05, 0.1) is 13.2 Å². The molecule has 1 aliphatic carbocycles. The molecule has 29 heavy (non-hydrogen) atoms. The van der Waals surface area contributed by atoms with Crippen molar-refractivity contribution >= 4 is 11.8 Å². The van der Waals surface area contributed by atoms with E-state index in [-0.39, 0.29) is 17.5 Å². The van der Waals surface area contributed by atoms with Crippen LogP contribution < -0.4 is 0 Å². The van der Waals surface area contributed by atoms with E-state index in [1.165, 1.54) is 18.2 Å². The van der Waals surface area contributed by atoms with Crippen LogP contribution >= 0.6 is 0 Å². The van der Waals surface area contributed by atoms with Crippen molar-refractivity contribution in [1.29, 1.82) is 0 Å². The number of unbranched alkanes of at least 4 members (excludes halogenated alkanes) is 2. The van der Waals surface area contributed by atoms with Gasteiger partial charge in [-0.3, -0.25) is 9.59 Å². The van der Waals surface area contributed by atoms with E-state index in [9.17, 15) is 14.7 Å². The molecule has 1 N–H and O–H groups in total. The summed E-state index contributed by atoms with van der Waals surface area (Å²) in [7, 11) is 1.42. The van der Waals surface area contributed by atoms with E-state index in [1.54, 1.807) is 0 Å². The van der Waals surface area contributed by atoms with Gasteiger partial charge in [0, 0.05) is 18.3 Å². The summed E-state index contributed by atoms with van der Waals surface area (Å²) in [6.07, 6.45) is 10.6. The van der Waals surface area contributed by atoms with Crippen molar-refractivity contribution in [2.45, 2.75) is 96.5 Å². The largest absolute Gasteiger partial charge is 0.469 e. The van der Waals surface area contributed by atoms with Crippen molar-refractivity contribution < 1.29 is 19.4 Å². The van der Waals surface area contributed by atoms with Gasteiger partial charge in [-0.15, -0.1) is 0 Å². The molecule has 0 heterocycles. The van der Waals surface area contributed by atoms with E-state index in [0.29, 0.717) is 25.0 Å². The lowest BCUT2D eigenvalue weighted by atomic mass is 9.74. The molecule has 0 radical (unpaired) electrons. The van der Waals surface area contributed by atoms with Crippen molar-refractivity contribution in [2.75, 3.05) is 7.11 Å². The van der Waals surface area contributed by atoms with Crippen LogP contribution in [-0.2, 0) is 27.2 Å². The van der Waals surface area contributed by atoms with Crippen LogP contribution in [0, 0.1) is 5.41 Å². The van der Waals surface area contributed by atoms with Gasteiger partial charge in [0.25, 0.3) is 0 Å². The third kappa shape index (κ3) is 7.26. The minimum Gasteiger partial charge on any atom is -0.469 e. The fourth-order valence-electron chi connectivity index (χ4n) is 4.61. The van der Waals surface area contributed by atoms with E-state index < -0.39 is 0 Å². The normalized spacial score (nSPS) is 20.0. The summed E-state index contributed by atoms with van der Waals surface area (Å²) in [5, 5.41) is 10.4. The highest BCUT2D eigenvalue weighted by atomic mass is 16.5. The van der Waals surface area contributed by atoms with E-state index >= 15 is 0 Å². The number of benzene rings is 1. The Morgan fingerprint density at radius 2 is 1.93 bits per heavy atom. The molecular weight excluding hydrogens is 364 g/mol. The number of Topliss-reactive ketones (excluding diaryl/α,β-unsaturated/α-hetero) is 1. The second kappa shape index (κ2) is 12.1. The molecule has 1 saturated carbocycles. The minimum absolute atomic E-state index is 0.179. The van der Waals surface area contributed by atoms with Crippen LogP contribution in [0.4, 0.5) is 0 Å². The molecule has 0 spiro atoms. The van der Waals surface area contributed by atoms with E-state index in [0.717, 1.165) is 64.2 Å². The Morgan fingerprint density at radius 1 is 1.17 bits per heavy atom. The van der Waals surface area contributed by atoms with Crippen LogP contribution in [0.2, 0.25) is 0 Å². The molecule has 4 heteroatoms. The summed E-state index contributed by atoms with van der Waals surface area (Å²) in [5.41, 5.74) is 2.11. The smallest absolute Gasteiger partial charge is 0.305 e. The van der Waals surface area contributed by atoms with Crippen LogP contribution in [0.25, 0.3) is 0 Å². The Labute approximate surface area is 176 Å². The van der Waals surface area contributed by atoms with Gasteiger partial charge < -0.3 is 9.84 Å².